The molecule has 0 radical (unpaired) electrons. The smallest absolute Gasteiger partial charge is 0.166 e. The van der Waals surface area contributed by atoms with Gasteiger partial charge in [-0.2, -0.15) is 0 Å². The van der Waals surface area contributed by atoms with Gasteiger partial charge < -0.3 is 14.8 Å². The second-order valence-corrected chi connectivity index (χ2v) is 5.51. The van der Waals surface area contributed by atoms with Crippen molar-refractivity contribution < 1.29 is 9.47 Å². The van der Waals surface area contributed by atoms with Crippen molar-refractivity contribution in [3.8, 4) is 11.5 Å². The summed E-state index contributed by atoms with van der Waals surface area (Å²) < 4.78 is 11.5. The lowest BCUT2D eigenvalue weighted by molar-refractivity contribution is 0.169. The number of aryl methyl sites for hydroxylation is 2. The topological polar surface area (TPSA) is 30.5 Å². The van der Waals surface area contributed by atoms with Crippen LogP contribution >= 0.6 is 0 Å². The Morgan fingerprint density at radius 1 is 1.00 bits per heavy atom. The first-order valence-electron chi connectivity index (χ1n) is 7.33. The van der Waals surface area contributed by atoms with Crippen LogP contribution < -0.4 is 14.8 Å². The quantitative estimate of drug-likeness (QED) is 0.936. The molecule has 0 saturated carbocycles. The second kappa shape index (κ2) is 5.78. The molecule has 110 valence electrons. The van der Waals surface area contributed by atoms with E-state index in [0.717, 1.165) is 17.1 Å². The summed E-state index contributed by atoms with van der Waals surface area (Å²) in [7, 11) is 1.98. The first-order chi connectivity index (χ1) is 10.2. The Bertz CT molecular complexity index is 631. The van der Waals surface area contributed by atoms with E-state index in [0.29, 0.717) is 13.2 Å². The molecule has 1 atom stereocenters. The van der Waals surface area contributed by atoms with Gasteiger partial charge in [0.25, 0.3) is 0 Å². The molecule has 0 bridgehead atoms. The highest BCUT2D eigenvalue weighted by Gasteiger charge is 2.22. The van der Waals surface area contributed by atoms with E-state index in [2.05, 4.69) is 43.4 Å². The van der Waals surface area contributed by atoms with Crippen LogP contribution in [0.15, 0.2) is 36.4 Å². The first-order valence-corrected chi connectivity index (χ1v) is 7.33. The van der Waals surface area contributed by atoms with Crippen LogP contribution in [0.5, 0.6) is 11.5 Å². The Hall–Kier alpha value is -2.00. The number of rotatable bonds is 3. The predicted octanol–water partition coefficient (Wildman–Crippen LogP) is 3.38. The maximum atomic E-state index is 5.85. The largest absolute Gasteiger partial charge is 0.486 e. The molecule has 3 heteroatoms. The summed E-state index contributed by atoms with van der Waals surface area (Å²) in [5.41, 5.74) is 4.91. The second-order valence-electron chi connectivity index (χ2n) is 5.51. The average Bonchev–Trinajstić information content (AvgIpc) is 2.47. The Kier molecular flexibility index (Phi) is 3.84. The van der Waals surface area contributed by atoms with Gasteiger partial charge in [-0.25, -0.2) is 0 Å². The van der Waals surface area contributed by atoms with E-state index in [4.69, 9.17) is 9.47 Å². The van der Waals surface area contributed by atoms with Gasteiger partial charge >= 0.3 is 0 Å². The van der Waals surface area contributed by atoms with E-state index in [1.54, 1.807) is 0 Å². The minimum atomic E-state index is 0.0975. The van der Waals surface area contributed by atoms with Crippen LogP contribution in [0.1, 0.15) is 28.3 Å². The molecular weight excluding hydrogens is 262 g/mol. The van der Waals surface area contributed by atoms with E-state index in [-0.39, 0.29) is 6.04 Å². The Balaban J connectivity index is 2.08. The summed E-state index contributed by atoms with van der Waals surface area (Å²) >= 11 is 0. The Morgan fingerprint density at radius 3 is 2.43 bits per heavy atom. The van der Waals surface area contributed by atoms with Crippen molar-refractivity contribution in [3.63, 3.8) is 0 Å². The van der Waals surface area contributed by atoms with Gasteiger partial charge in [-0.3, -0.25) is 0 Å². The third-order valence-corrected chi connectivity index (χ3v) is 3.77. The van der Waals surface area contributed by atoms with Gasteiger partial charge in [-0.1, -0.05) is 41.5 Å². The molecule has 1 aliphatic rings. The monoisotopic (exact) mass is 283 g/mol. The molecule has 0 spiro atoms. The number of fused-ring (bicyclic) bond motifs is 1. The number of para-hydroxylation sites is 1. The van der Waals surface area contributed by atoms with Crippen molar-refractivity contribution in [2.45, 2.75) is 19.9 Å². The first kappa shape index (κ1) is 14.0. The van der Waals surface area contributed by atoms with Crippen molar-refractivity contribution in [2.24, 2.45) is 0 Å². The summed E-state index contributed by atoms with van der Waals surface area (Å²) in [5, 5.41) is 3.40. The van der Waals surface area contributed by atoms with Gasteiger partial charge in [0.15, 0.2) is 11.5 Å². The molecule has 0 aromatic heterocycles. The van der Waals surface area contributed by atoms with Crippen molar-refractivity contribution in [2.75, 3.05) is 20.3 Å². The maximum absolute atomic E-state index is 5.85. The summed E-state index contributed by atoms with van der Waals surface area (Å²) in [6, 6.07) is 12.8. The molecular formula is C18H21NO2. The maximum Gasteiger partial charge on any atom is 0.166 e. The highest BCUT2D eigenvalue weighted by atomic mass is 16.6. The van der Waals surface area contributed by atoms with E-state index in [1.165, 1.54) is 16.7 Å². The Labute approximate surface area is 125 Å². The zero-order valence-electron chi connectivity index (χ0n) is 12.8. The molecule has 0 amide bonds. The average molecular weight is 283 g/mol. The van der Waals surface area contributed by atoms with Gasteiger partial charge in [0.1, 0.15) is 13.2 Å². The molecule has 3 nitrogen and oxygen atoms in total. The summed E-state index contributed by atoms with van der Waals surface area (Å²) in [5.74, 6) is 1.70. The lowest BCUT2D eigenvalue weighted by atomic mass is 9.94. The van der Waals surface area contributed by atoms with Crippen LogP contribution in [0.4, 0.5) is 0 Å². The third kappa shape index (κ3) is 2.74. The van der Waals surface area contributed by atoms with E-state index < -0.39 is 0 Å². The fourth-order valence-electron chi connectivity index (χ4n) is 3.00. The predicted molar refractivity (Wildman–Crippen MR) is 84.3 cm³/mol. The number of hydrogen-bond acceptors (Lipinski definition) is 3. The van der Waals surface area contributed by atoms with Gasteiger partial charge in [0.2, 0.25) is 0 Å². The minimum Gasteiger partial charge on any atom is -0.486 e. The van der Waals surface area contributed by atoms with Crippen LogP contribution in [-0.4, -0.2) is 20.3 Å². The molecule has 21 heavy (non-hydrogen) atoms. The van der Waals surface area contributed by atoms with E-state index >= 15 is 0 Å². The molecule has 0 fully saturated rings. The SMILES string of the molecule is CNC(c1cc(C)cc(C)c1)c1cccc2c1OCCO2. The van der Waals surface area contributed by atoms with Crippen molar-refractivity contribution in [1.82, 2.24) is 5.32 Å². The highest BCUT2D eigenvalue weighted by Crippen LogP contribution is 2.39. The molecule has 1 N–H and O–H groups in total. The van der Waals surface area contributed by atoms with Gasteiger partial charge in [-0.05, 0) is 32.5 Å². The summed E-state index contributed by atoms with van der Waals surface area (Å²) in [6.07, 6.45) is 0. The molecule has 2 aromatic rings. The Morgan fingerprint density at radius 2 is 1.71 bits per heavy atom. The zero-order chi connectivity index (χ0) is 14.8. The third-order valence-electron chi connectivity index (χ3n) is 3.77. The van der Waals surface area contributed by atoms with Crippen LogP contribution in [0.2, 0.25) is 0 Å². The van der Waals surface area contributed by atoms with Crippen LogP contribution in [-0.2, 0) is 0 Å². The molecule has 0 saturated heterocycles. The van der Waals surface area contributed by atoms with Gasteiger partial charge in [-0.15, -0.1) is 0 Å². The standard InChI is InChI=1S/C18H21NO2/c1-12-9-13(2)11-14(10-12)17(19-3)15-5-4-6-16-18(15)21-8-7-20-16/h4-6,9-11,17,19H,7-8H2,1-3H3. The molecule has 0 aliphatic carbocycles. The van der Waals surface area contributed by atoms with Gasteiger partial charge in [0, 0.05) is 5.56 Å². The number of benzene rings is 2. The molecule has 1 unspecified atom stereocenters. The minimum absolute atomic E-state index is 0.0975. The van der Waals surface area contributed by atoms with Crippen LogP contribution in [0.3, 0.4) is 0 Å². The van der Waals surface area contributed by atoms with Crippen molar-refractivity contribution in [1.29, 1.82) is 0 Å². The van der Waals surface area contributed by atoms with Crippen molar-refractivity contribution >= 4 is 0 Å². The summed E-state index contributed by atoms with van der Waals surface area (Å²) in [6.45, 7) is 5.48. The lowest BCUT2D eigenvalue weighted by Crippen LogP contribution is -2.22. The number of ether oxygens (including phenoxy) is 2. The van der Waals surface area contributed by atoms with E-state index in [1.807, 2.05) is 19.2 Å². The zero-order valence-corrected chi connectivity index (χ0v) is 12.8. The normalized spacial score (nSPS) is 14.8. The molecule has 1 aliphatic heterocycles. The fraction of sp³-hybridized carbons (Fsp3) is 0.333. The van der Waals surface area contributed by atoms with E-state index in [9.17, 15) is 0 Å². The number of nitrogens with one attached hydrogen (secondary N) is 1. The lowest BCUT2D eigenvalue weighted by Gasteiger charge is -2.25. The number of hydrogen-bond donors (Lipinski definition) is 1. The van der Waals surface area contributed by atoms with Crippen LogP contribution in [0, 0.1) is 13.8 Å². The molecule has 3 rings (SSSR count). The van der Waals surface area contributed by atoms with Crippen molar-refractivity contribution in [3.05, 3.63) is 58.7 Å². The fourth-order valence-corrected chi connectivity index (χ4v) is 3.00. The summed E-state index contributed by atoms with van der Waals surface area (Å²) in [4.78, 5) is 0. The highest BCUT2D eigenvalue weighted by molar-refractivity contribution is 5.52. The van der Waals surface area contributed by atoms with Crippen LogP contribution in [0.25, 0.3) is 0 Å². The van der Waals surface area contributed by atoms with Gasteiger partial charge in [0.05, 0.1) is 6.04 Å². The molecule has 1 heterocycles. The molecule has 2 aromatic carbocycles.